The summed E-state index contributed by atoms with van der Waals surface area (Å²) in [7, 11) is 3.18. The Morgan fingerprint density at radius 3 is 2.61 bits per heavy atom. The Hall–Kier alpha value is -2.67. The second kappa shape index (κ2) is 6.62. The molecule has 0 aliphatic rings. The van der Waals surface area contributed by atoms with Gasteiger partial charge in [0.25, 0.3) is 0 Å². The summed E-state index contributed by atoms with van der Waals surface area (Å²) in [5, 5.41) is 5.89. The molecule has 0 spiro atoms. The van der Waals surface area contributed by atoms with Crippen molar-refractivity contribution in [2.24, 2.45) is 0 Å². The fraction of sp³-hybridized carbons (Fsp3) is 0.188. The molecule has 0 aliphatic heterocycles. The Kier molecular flexibility index (Phi) is 4.38. The molecule has 0 aromatic carbocycles. The molecule has 3 rings (SSSR count). The molecule has 0 saturated carbocycles. The van der Waals surface area contributed by atoms with Crippen molar-refractivity contribution in [2.75, 3.05) is 19.5 Å². The molecule has 3 aromatic heterocycles. The van der Waals surface area contributed by atoms with Crippen LogP contribution < -0.4 is 14.8 Å². The van der Waals surface area contributed by atoms with Gasteiger partial charge < -0.3 is 14.8 Å². The Labute approximate surface area is 138 Å². The smallest absolute Gasteiger partial charge is 0.188 e. The van der Waals surface area contributed by atoms with Gasteiger partial charge in [-0.2, -0.15) is 0 Å². The zero-order valence-electron chi connectivity index (χ0n) is 13.0. The van der Waals surface area contributed by atoms with Crippen LogP contribution in [0.5, 0.6) is 11.5 Å². The average molecular weight is 328 g/mol. The van der Waals surface area contributed by atoms with Crippen molar-refractivity contribution >= 4 is 22.3 Å². The number of ether oxygens (including phenoxy) is 2. The van der Waals surface area contributed by atoms with Crippen molar-refractivity contribution < 1.29 is 9.47 Å². The SMILES string of the molecule is COc1cnc(-c2csc(Nc3cc(C)ccn3)n2)cc1OC. The van der Waals surface area contributed by atoms with Crippen LogP contribution in [0.2, 0.25) is 0 Å². The first kappa shape index (κ1) is 15.2. The quantitative estimate of drug-likeness (QED) is 0.770. The minimum absolute atomic E-state index is 0.591. The summed E-state index contributed by atoms with van der Waals surface area (Å²) in [6, 6.07) is 5.73. The lowest BCUT2D eigenvalue weighted by Crippen LogP contribution is -1.95. The highest BCUT2D eigenvalue weighted by Crippen LogP contribution is 2.32. The average Bonchev–Trinajstić information content (AvgIpc) is 3.02. The molecule has 0 bridgehead atoms. The van der Waals surface area contributed by atoms with Crippen molar-refractivity contribution in [1.29, 1.82) is 0 Å². The van der Waals surface area contributed by atoms with E-state index in [1.165, 1.54) is 11.3 Å². The van der Waals surface area contributed by atoms with E-state index in [0.29, 0.717) is 11.5 Å². The van der Waals surface area contributed by atoms with E-state index in [9.17, 15) is 0 Å². The zero-order chi connectivity index (χ0) is 16.2. The summed E-state index contributed by atoms with van der Waals surface area (Å²) < 4.78 is 10.5. The molecular weight excluding hydrogens is 312 g/mol. The highest BCUT2D eigenvalue weighted by molar-refractivity contribution is 7.14. The van der Waals surface area contributed by atoms with Gasteiger partial charge in [0.05, 0.1) is 26.1 Å². The third-order valence-corrected chi connectivity index (χ3v) is 3.95. The van der Waals surface area contributed by atoms with Crippen LogP contribution in [0.1, 0.15) is 5.56 Å². The number of aromatic nitrogens is 3. The molecule has 0 amide bonds. The van der Waals surface area contributed by atoms with E-state index >= 15 is 0 Å². The largest absolute Gasteiger partial charge is 0.493 e. The standard InChI is InChI=1S/C16H16N4O2S/c1-10-4-5-17-15(6-10)20-16-19-12(9-23-16)11-7-13(21-2)14(22-3)8-18-11/h4-9H,1-3H3,(H,17,19,20). The number of pyridine rings is 2. The van der Waals surface area contributed by atoms with E-state index in [-0.39, 0.29) is 0 Å². The Morgan fingerprint density at radius 1 is 1.04 bits per heavy atom. The molecule has 0 atom stereocenters. The molecule has 7 heteroatoms. The third-order valence-electron chi connectivity index (χ3n) is 3.19. The number of hydrogen-bond acceptors (Lipinski definition) is 7. The number of nitrogens with zero attached hydrogens (tertiary/aromatic N) is 3. The van der Waals surface area contributed by atoms with E-state index in [1.807, 2.05) is 30.5 Å². The van der Waals surface area contributed by atoms with Crippen LogP contribution in [-0.2, 0) is 0 Å². The van der Waals surface area contributed by atoms with Gasteiger partial charge in [-0.05, 0) is 24.6 Å². The molecule has 0 fully saturated rings. The maximum atomic E-state index is 5.30. The van der Waals surface area contributed by atoms with Crippen molar-refractivity contribution in [3.8, 4) is 22.9 Å². The van der Waals surface area contributed by atoms with Crippen molar-refractivity contribution in [1.82, 2.24) is 15.0 Å². The van der Waals surface area contributed by atoms with Crippen LogP contribution in [0.15, 0.2) is 36.0 Å². The molecule has 0 saturated heterocycles. The van der Waals surface area contributed by atoms with Gasteiger partial charge in [-0.1, -0.05) is 0 Å². The van der Waals surface area contributed by atoms with E-state index in [4.69, 9.17) is 9.47 Å². The topological polar surface area (TPSA) is 69.2 Å². The van der Waals surface area contributed by atoms with Crippen molar-refractivity contribution in [3.05, 3.63) is 41.5 Å². The minimum Gasteiger partial charge on any atom is -0.493 e. The summed E-state index contributed by atoms with van der Waals surface area (Å²) >= 11 is 1.49. The third kappa shape index (κ3) is 3.40. The van der Waals surface area contributed by atoms with E-state index < -0.39 is 0 Å². The van der Waals surface area contributed by atoms with Crippen LogP contribution in [0.4, 0.5) is 10.9 Å². The van der Waals surface area contributed by atoms with Crippen molar-refractivity contribution in [2.45, 2.75) is 6.92 Å². The maximum Gasteiger partial charge on any atom is 0.188 e. The number of nitrogens with one attached hydrogen (secondary N) is 1. The molecular formula is C16H16N4O2S. The number of rotatable bonds is 5. The summed E-state index contributed by atoms with van der Waals surface area (Å²) in [5.74, 6) is 1.99. The first-order valence-electron chi connectivity index (χ1n) is 6.93. The van der Waals surface area contributed by atoms with Gasteiger partial charge in [0.2, 0.25) is 0 Å². The number of anilines is 2. The van der Waals surface area contributed by atoms with E-state index in [2.05, 4.69) is 20.3 Å². The lowest BCUT2D eigenvalue weighted by molar-refractivity contribution is 0.353. The van der Waals surface area contributed by atoms with E-state index in [0.717, 1.165) is 27.9 Å². The Balaban J connectivity index is 1.84. The fourth-order valence-corrected chi connectivity index (χ4v) is 2.75. The Morgan fingerprint density at radius 2 is 1.87 bits per heavy atom. The first-order chi connectivity index (χ1) is 11.2. The van der Waals surface area contributed by atoms with Crippen LogP contribution in [-0.4, -0.2) is 29.2 Å². The lowest BCUT2D eigenvalue weighted by Gasteiger charge is -2.07. The normalized spacial score (nSPS) is 10.4. The fourth-order valence-electron chi connectivity index (χ4n) is 2.04. The lowest BCUT2D eigenvalue weighted by atomic mass is 10.3. The zero-order valence-corrected chi connectivity index (χ0v) is 13.8. The van der Waals surface area contributed by atoms with Gasteiger partial charge in [-0.25, -0.2) is 9.97 Å². The predicted molar refractivity (Wildman–Crippen MR) is 90.7 cm³/mol. The maximum absolute atomic E-state index is 5.30. The predicted octanol–water partition coefficient (Wildman–Crippen LogP) is 3.67. The molecule has 3 heterocycles. The van der Waals surface area contributed by atoms with Gasteiger partial charge in [0.15, 0.2) is 16.6 Å². The number of hydrogen-bond donors (Lipinski definition) is 1. The highest BCUT2D eigenvalue weighted by Gasteiger charge is 2.11. The van der Waals surface area contributed by atoms with Gasteiger partial charge in [-0.15, -0.1) is 11.3 Å². The van der Waals surface area contributed by atoms with Crippen LogP contribution in [0, 0.1) is 6.92 Å². The second-order valence-electron chi connectivity index (χ2n) is 4.81. The van der Waals surface area contributed by atoms with Gasteiger partial charge in [0, 0.05) is 17.6 Å². The van der Waals surface area contributed by atoms with Crippen LogP contribution in [0.25, 0.3) is 11.4 Å². The Bertz CT molecular complexity index is 819. The summed E-state index contributed by atoms with van der Waals surface area (Å²) in [6.07, 6.45) is 3.39. The van der Waals surface area contributed by atoms with Gasteiger partial charge in [-0.3, -0.25) is 4.98 Å². The second-order valence-corrected chi connectivity index (χ2v) is 5.66. The molecule has 23 heavy (non-hydrogen) atoms. The first-order valence-corrected chi connectivity index (χ1v) is 7.81. The van der Waals surface area contributed by atoms with E-state index in [1.54, 1.807) is 26.6 Å². The monoisotopic (exact) mass is 328 g/mol. The summed E-state index contributed by atoms with van der Waals surface area (Å²) in [5.41, 5.74) is 2.64. The molecule has 0 unspecified atom stereocenters. The number of methoxy groups -OCH3 is 2. The number of thiazole rings is 1. The molecule has 1 N–H and O–H groups in total. The van der Waals surface area contributed by atoms with Crippen molar-refractivity contribution in [3.63, 3.8) is 0 Å². The molecule has 118 valence electrons. The molecule has 3 aromatic rings. The van der Waals surface area contributed by atoms with Crippen LogP contribution in [0.3, 0.4) is 0 Å². The van der Waals surface area contributed by atoms with Crippen LogP contribution >= 0.6 is 11.3 Å². The molecule has 0 aliphatic carbocycles. The summed E-state index contributed by atoms with van der Waals surface area (Å²) in [4.78, 5) is 13.2. The summed E-state index contributed by atoms with van der Waals surface area (Å²) in [6.45, 7) is 2.02. The minimum atomic E-state index is 0.591. The highest BCUT2D eigenvalue weighted by atomic mass is 32.1. The van der Waals surface area contributed by atoms with Gasteiger partial charge in [0.1, 0.15) is 11.5 Å². The van der Waals surface area contributed by atoms with Gasteiger partial charge >= 0.3 is 0 Å². The molecule has 0 radical (unpaired) electrons. The molecule has 6 nitrogen and oxygen atoms in total. The number of aryl methyl sites for hydroxylation is 1.